The van der Waals surface area contributed by atoms with Crippen LogP contribution in [-0.2, 0) is 10.0 Å². The average Bonchev–Trinajstić information content (AvgIpc) is 3.21. The molecule has 1 aliphatic rings. The molecule has 0 radical (unpaired) electrons. The Balaban J connectivity index is 1.80. The van der Waals surface area contributed by atoms with Crippen LogP contribution in [0.1, 0.15) is 37.0 Å². The summed E-state index contributed by atoms with van der Waals surface area (Å²) in [5.74, 6) is -4.01. The molecule has 1 aliphatic carbocycles. The van der Waals surface area contributed by atoms with Crippen LogP contribution in [-0.4, -0.2) is 53.1 Å². The van der Waals surface area contributed by atoms with Crippen LogP contribution < -0.4 is 10.0 Å². The van der Waals surface area contributed by atoms with Crippen molar-refractivity contribution in [2.45, 2.75) is 44.7 Å². The van der Waals surface area contributed by atoms with E-state index in [4.69, 9.17) is 0 Å². The quantitative estimate of drug-likeness (QED) is 0.700. The van der Waals surface area contributed by atoms with Crippen LogP contribution in [0.3, 0.4) is 0 Å². The van der Waals surface area contributed by atoms with Crippen molar-refractivity contribution >= 4 is 15.9 Å². The summed E-state index contributed by atoms with van der Waals surface area (Å²) >= 11 is 0. The summed E-state index contributed by atoms with van der Waals surface area (Å²) in [5.41, 5.74) is 0.583. The van der Waals surface area contributed by atoms with Crippen LogP contribution in [0.15, 0.2) is 36.7 Å². The SMILES string of the molecule is CC(C)CS(=O)(=O)N[C@@H]1CC(F)(F)C[C@@H]1NC(=O)c1ccccc1-n1nccn1. The van der Waals surface area contributed by atoms with Crippen molar-refractivity contribution in [1.29, 1.82) is 0 Å². The third-order valence-corrected chi connectivity index (χ3v) is 6.27. The number of carbonyl (C=O) groups is 1. The average molecular weight is 427 g/mol. The van der Waals surface area contributed by atoms with E-state index < -0.39 is 46.8 Å². The van der Waals surface area contributed by atoms with Crippen molar-refractivity contribution in [3.8, 4) is 5.69 Å². The lowest BCUT2D eigenvalue weighted by molar-refractivity contribution is 0.00581. The Morgan fingerprint density at radius 3 is 2.48 bits per heavy atom. The zero-order valence-corrected chi connectivity index (χ0v) is 16.9. The van der Waals surface area contributed by atoms with Crippen molar-refractivity contribution in [3.63, 3.8) is 0 Å². The van der Waals surface area contributed by atoms with E-state index in [9.17, 15) is 22.0 Å². The van der Waals surface area contributed by atoms with Crippen molar-refractivity contribution in [2.24, 2.45) is 5.92 Å². The molecule has 0 spiro atoms. The summed E-state index contributed by atoms with van der Waals surface area (Å²) in [4.78, 5) is 14.1. The number of amides is 1. The highest BCUT2D eigenvalue weighted by Crippen LogP contribution is 2.36. The van der Waals surface area contributed by atoms with Gasteiger partial charge < -0.3 is 5.32 Å². The standard InChI is InChI=1S/C18H23F2N5O3S/c1-12(2)11-29(27,28)24-15-10-18(19,20)9-14(15)23-17(26)13-5-3-4-6-16(13)25-21-7-8-22-25/h3-8,12,14-15,24H,9-11H2,1-2H3,(H,23,26)/t14-,15+/m0/s1. The van der Waals surface area contributed by atoms with Gasteiger partial charge in [-0.25, -0.2) is 21.9 Å². The fraction of sp³-hybridized carbons (Fsp3) is 0.500. The van der Waals surface area contributed by atoms with Crippen LogP contribution in [0.4, 0.5) is 8.78 Å². The maximum absolute atomic E-state index is 14.0. The first-order valence-corrected chi connectivity index (χ1v) is 10.9. The predicted octanol–water partition coefficient (Wildman–Crippen LogP) is 1.74. The van der Waals surface area contributed by atoms with E-state index in [0.29, 0.717) is 5.69 Å². The van der Waals surface area contributed by atoms with E-state index in [-0.39, 0.29) is 17.2 Å². The largest absolute Gasteiger partial charge is 0.347 e. The molecule has 1 aromatic heterocycles. The van der Waals surface area contributed by atoms with E-state index in [1.807, 2.05) is 0 Å². The molecule has 0 unspecified atom stereocenters. The van der Waals surface area contributed by atoms with Gasteiger partial charge in [-0.3, -0.25) is 4.79 Å². The van der Waals surface area contributed by atoms with Crippen molar-refractivity contribution < 1.29 is 22.0 Å². The van der Waals surface area contributed by atoms with Gasteiger partial charge >= 0.3 is 0 Å². The monoisotopic (exact) mass is 427 g/mol. The molecule has 1 saturated carbocycles. The molecule has 1 amide bonds. The number of alkyl halides is 2. The molecule has 0 aliphatic heterocycles. The Labute approximate surface area is 167 Å². The third-order valence-electron chi connectivity index (χ3n) is 4.51. The number of nitrogens with zero attached hydrogens (tertiary/aromatic N) is 3. The fourth-order valence-electron chi connectivity index (χ4n) is 3.43. The second kappa shape index (κ2) is 8.15. The normalized spacial score (nSPS) is 21.4. The molecule has 1 aromatic carbocycles. The Bertz CT molecular complexity index is 964. The van der Waals surface area contributed by atoms with Gasteiger partial charge in [-0.1, -0.05) is 26.0 Å². The van der Waals surface area contributed by atoms with Gasteiger partial charge in [0.25, 0.3) is 11.8 Å². The lowest BCUT2D eigenvalue weighted by Gasteiger charge is -2.22. The summed E-state index contributed by atoms with van der Waals surface area (Å²) in [6, 6.07) is 4.35. The molecule has 2 N–H and O–H groups in total. The van der Waals surface area contributed by atoms with E-state index in [1.54, 1.807) is 32.0 Å². The Morgan fingerprint density at radius 2 is 1.83 bits per heavy atom. The van der Waals surface area contributed by atoms with Gasteiger partial charge in [0.1, 0.15) is 0 Å². The van der Waals surface area contributed by atoms with Gasteiger partial charge in [0.15, 0.2) is 0 Å². The second-order valence-electron chi connectivity index (χ2n) is 7.58. The van der Waals surface area contributed by atoms with Crippen LogP contribution in [0.2, 0.25) is 0 Å². The van der Waals surface area contributed by atoms with E-state index in [0.717, 1.165) is 0 Å². The summed E-state index contributed by atoms with van der Waals surface area (Å²) < 4.78 is 54.9. The molecule has 0 saturated heterocycles. The van der Waals surface area contributed by atoms with E-state index >= 15 is 0 Å². The van der Waals surface area contributed by atoms with E-state index in [2.05, 4.69) is 20.2 Å². The summed E-state index contributed by atoms with van der Waals surface area (Å²) in [6.07, 6.45) is 1.59. The predicted molar refractivity (Wildman–Crippen MR) is 102 cm³/mol. The number of benzene rings is 1. The summed E-state index contributed by atoms with van der Waals surface area (Å²) in [6.45, 7) is 3.45. The fourth-order valence-corrected chi connectivity index (χ4v) is 5.11. The van der Waals surface area contributed by atoms with Gasteiger partial charge in [-0.2, -0.15) is 15.0 Å². The number of hydrogen-bond acceptors (Lipinski definition) is 5. The lowest BCUT2D eigenvalue weighted by atomic mass is 10.1. The maximum Gasteiger partial charge on any atom is 0.253 e. The van der Waals surface area contributed by atoms with Crippen LogP contribution in [0.25, 0.3) is 5.69 Å². The zero-order valence-electron chi connectivity index (χ0n) is 16.0. The van der Waals surface area contributed by atoms with Crippen molar-refractivity contribution in [1.82, 2.24) is 25.0 Å². The minimum Gasteiger partial charge on any atom is -0.347 e. The van der Waals surface area contributed by atoms with Gasteiger partial charge in [0.2, 0.25) is 10.0 Å². The molecule has 29 heavy (non-hydrogen) atoms. The minimum absolute atomic E-state index is 0.157. The first kappa shape index (κ1) is 21.3. The Hall–Kier alpha value is -2.40. The molecular weight excluding hydrogens is 404 g/mol. The molecule has 1 heterocycles. The van der Waals surface area contributed by atoms with Gasteiger partial charge in [0.05, 0.1) is 35.4 Å². The van der Waals surface area contributed by atoms with Crippen LogP contribution in [0.5, 0.6) is 0 Å². The van der Waals surface area contributed by atoms with Crippen molar-refractivity contribution in [2.75, 3.05) is 5.75 Å². The van der Waals surface area contributed by atoms with Crippen LogP contribution >= 0.6 is 0 Å². The molecule has 11 heteroatoms. The smallest absolute Gasteiger partial charge is 0.253 e. The first-order chi connectivity index (χ1) is 13.6. The Morgan fingerprint density at radius 1 is 1.21 bits per heavy atom. The number of nitrogens with one attached hydrogen (secondary N) is 2. The minimum atomic E-state index is -3.75. The number of halogens is 2. The zero-order chi connectivity index (χ0) is 21.2. The third kappa shape index (κ3) is 5.36. The lowest BCUT2D eigenvalue weighted by Crippen LogP contribution is -2.49. The number of aromatic nitrogens is 3. The number of sulfonamides is 1. The van der Waals surface area contributed by atoms with Crippen LogP contribution in [0, 0.1) is 5.92 Å². The highest BCUT2D eigenvalue weighted by Gasteiger charge is 2.48. The number of para-hydroxylation sites is 1. The number of carbonyl (C=O) groups excluding carboxylic acids is 1. The highest BCUT2D eigenvalue weighted by molar-refractivity contribution is 7.89. The van der Waals surface area contributed by atoms with Gasteiger partial charge in [0, 0.05) is 18.9 Å². The number of hydrogen-bond donors (Lipinski definition) is 2. The summed E-state index contributed by atoms with van der Waals surface area (Å²) in [5, 5.41) is 10.5. The first-order valence-electron chi connectivity index (χ1n) is 9.21. The second-order valence-corrected chi connectivity index (χ2v) is 9.38. The molecule has 158 valence electrons. The van der Waals surface area contributed by atoms with Crippen molar-refractivity contribution in [3.05, 3.63) is 42.2 Å². The topological polar surface area (TPSA) is 106 Å². The van der Waals surface area contributed by atoms with Gasteiger partial charge in [-0.15, -0.1) is 0 Å². The van der Waals surface area contributed by atoms with E-state index in [1.165, 1.54) is 23.3 Å². The molecule has 2 atom stereocenters. The molecule has 3 rings (SSSR count). The molecule has 2 aromatic rings. The maximum atomic E-state index is 14.0. The molecule has 1 fully saturated rings. The Kier molecular flexibility index (Phi) is 5.99. The molecule has 8 nitrogen and oxygen atoms in total. The summed E-state index contributed by atoms with van der Waals surface area (Å²) in [7, 11) is -3.75. The number of rotatable bonds is 7. The highest BCUT2D eigenvalue weighted by atomic mass is 32.2. The van der Waals surface area contributed by atoms with Gasteiger partial charge in [-0.05, 0) is 18.1 Å². The molecule has 0 bridgehead atoms. The molecular formula is C18H23F2N5O3S.